The van der Waals surface area contributed by atoms with Crippen LogP contribution in [-0.4, -0.2) is 67.0 Å². The number of benzene rings is 2. The van der Waals surface area contributed by atoms with Crippen LogP contribution in [0.25, 0.3) is 11.1 Å². The van der Waals surface area contributed by atoms with E-state index in [2.05, 4.69) is 10.4 Å². The van der Waals surface area contributed by atoms with Crippen LogP contribution in [0.15, 0.2) is 41.5 Å². The van der Waals surface area contributed by atoms with E-state index < -0.39 is 23.8 Å². The number of hydrogen-bond donors (Lipinski definition) is 1. The Kier molecular flexibility index (Phi) is 7.12. The second-order valence-electron chi connectivity index (χ2n) is 7.76. The molecule has 2 saturated heterocycles. The fourth-order valence-electron chi connectivity index (χ4n) is 3.61. The minimum absolute atomic E-state index is 0.184. The highest BCUT2D eigenvalue weighted by atomic mass is 32.2. The van der Waals surface area contributed by atoms with Crippen molar-refractivity contribution in [1.82, 2.24) is 10.3 Å². The van der Waals surface area contributed by atoms with Gasteiger partial charge < -0.3 is 10.1 Å². The lowest BCUT2D eigenvalue weighted by molar-refractivity contribution is -0.119. The highest BCUT2D eigenvalue weighted by Gasteiger charge is 2.32. The standard InChI is InChI=1S/C23H24F2N4O3S/c1-15(30)26-13-19-14-29(23(31)32-19)18-4-5-20(22(25)11-18)16-2-3-17(21(24)10-16)12-27-28-6-8-33-9-7-28/h2-5,10-12,19H,6-9,13-14H2,1H3,(H,26,30)/t19-/m0/s1. The lowest BCUT2D eigenvalue weighted by atomic mass is 10.0. The van der Waals surface area contributed by atoms with Crippen molar-refractivity contribution < 1.29 is 23.1 Å². The first kappa shape index (κ1) is 23.0. The smallest absolute Gasteiger partial charge is 0.414 e. The molecule has 2 amide bonds. The van der Waals surface area contributed by atoms with Crippen LogP contribution in [0, 0.1) is 11.6 Å². The summed E-state index contributed by atoms with van der Waals surface area (Å²) in [6.07, 6.45) is 0.362. The summed E-state index contributed by atoms with van der Waals surface area (Å²) < 4.78 is 34.7. The minimum atomic E-state index is -0.612. The lowest BCUT2D eigenvalue weighted by Crippen LogP contribution is -2.33. The Morgan fingerprint density at radius 3 is 2.70 bits per heavy atom. The molecule has 2 heterocycles. The molecule has 0 bridgehead atoms. The fraction of sp³-hybridized carbons (Fsp3) is 0.348. The third-order valence-corrected chi connectivity index (χ3v) is 6.32. The van der Waals surface area contributed by atoms with Crippen molar-refractivity contribution in [2.24, 2.45) is 5.10 Å². The summed E-state index contributed by atoms with van der Waals surface area (Å²) in [5.74, 6) is 0.695. The molecule has 0 aromatic heterocycles. The number of cyclic esters (lactones) is 1. The van der Waals surface area contributed by atoms with E-state index in [1.807, 2.05) is 16.8 Å². The van der Waals surface area contributed by atoms with Gasteiger partial charge in [-0.25, -0.2) is 13.6 Å². The van der Waals surface area contributed by atoms with Crippen molar-refractivity contribution in [1.29, 1.82) is 0 Å². The summed E-state index contributed by atoms with van der Waals surface area (Å²) in [4.78, 5) is 24.5. The quantitative estimate of drug-likeness (QED) is 0.649. The van der Waals surface area contributed by atoms with Crippen LogP contribution in [-0.2, 0) is 9.53 Å². The molecule has 4 rings (SSSR count). The molecule has 2 aromatic rings. The topological polar surface area (TPSA) is 74.2 Å². The van der Waals surface area contributed by atoms with Gasteiger partial charge >= 0.3 is 6.09 Å². The van der Waals surface area contributed by atoms with Crippen LogP contribution in [0.5, 0.6) is 0 Å². The van der Waals surface area contributed by atoms with Crippen molar-refractivity contribution in [2.45, 2.75) is 13.0 Å². The van der Waals surface area contributed by atoms with Gasteiger partial charge in [0.05, 0.1) is 25.0 Å². The fourth-order valence-corrected chi connectivity index (χ4v) is 4.50. The van der Waals surface area contributed by atoms with E-state index in [-0.39, 0.29) is 24.6 Å². The summed E-state index contributed by atoms with van der Waals surface area (Å²) in [7, 11) is 0. The van der Waals surface area contributed by atoms with E-state index in [1.165, 1.54) is 36.2 Å². The Balaban J connectivity index is 1.46. The number of amides is 2. The maximum atomic E-state index is 14.9. The molecule has 1 atom stereocenters. The third kappa shape index (κ3) is 5.62. The van der Waals surface area contributed by atoms with E-state index in [0.717, 1.165) is 24.6 Å². The summed E-state index contributed by atoms with van der Waals surface area (Å²) in [5, 5.41) is 8.84. The molecular weight excluding hydrogens is 450 g/mol. The predicted octanol–water partition coefficient (Wildman–Crippen LogP) is 3.48. The van der Waals surface area contributed by atoms with Gasteiger partial charge in [-0.2, -0.15) is 16.9 Å². The first-order valence-electron chi connectivity index (χ1n) is 10.6. The average molecular weight is 475 g/mol. The van der Waals surface area contributed by atoms with Crippen LogP contribution in [0.1, 0.15) is 12.5 Å². The SMILES string of the molecule is CC(=O)NC[C@H]1CN(c2ccc(-c3ccc(C=NN4CCSCC4)c(F)c3)c(F)c2)C(=O)O1. The molecule has 2 fully saturated rings. The summed E-state index contributed by atoms with van der Waals surface area (Å²) in [6, 6.07) is 8.81. The highest BCUT2D eigenvalue weighted by Crippen LogP contribution is 2.30. The van der Waals surface area contributed by atoms with Crippen molar-refractivity contribution in [3.63, 3.8) is 0 Å². The van der Waals surface area contributed by atoms with Crippen LogP contribution in [0.3, 0.4) is 0 Å². The van der Waals surface area contributed by atoms with Crippen molar-refractivity contribution in [3.05, 3.63) is 53.6 Å². The first-order chi connectivity index (χ1) is 15.9. The largest absolute Gasteiger partial charge is 0.442 e. The molecule has 0 radical (unpaired) electrons. The zero-order valence-electron chi connectivity index (χ0n) is 18.1. The number of carbonyl (C=O) groups is 2. The number of halogens is 2. The zero-order valence-corrected chi connectivity index (χ0v) is 18.9. The zero-order chi connectivity index (χ0) is 23.4. The maximum Gasteiger partial charge on any atom is 0.414 e. The Labute approximate surface area is 194 Å². The minimum Gasteiger partial charge on any atom is -0.442 e. The molecule has 0 unspecified atom stereocenters. The average Bonchev–Trinajstić information content (AvgIpc) is 3.18. The summed E-state index contributed by atoms with van der Waals surface area (Å²) in [6.45, 7) is 3.41. The van der Waals surface area contributed by atoms with Crippen molar-refractivity contribution >= 4 is 35.7 Å². The number of thioether (sulfide) groups is 1. The van der Waals surface area contributed by atoms with Crippen LogP contribution < -0.4 is 10.2 Å². The van der Waals surface area contributed by atoms with Gasteiger partial charge in [-0.1, -0.05) is 6.07 Å². The molecule has 2 aliphatic heterocycles. The van der Waals surface area contributed by atoms with Gasteiger partial charge in [-0.3, -0.25) is 14.7 Å². The first-order valence-corrected chi connectivity index (χ1v) is 11.7. The summed E-state index contributed by atoms with van der Waals surface area (Å²) >= 11 is 1.87. The second-order valence-corrected chi connectivity index (χ2v) is 8.99. The molecule has 1 N–H and O–H groups in total. The second kappa shape index (κ2) is 10.2. The Morgan fingerprint density at radius 2 is 2.00 bits per heavy atom. The monoisotopic (exact) mass is 474 g/mol. The molecule has 0 spiro atoms. The van der Waals surface area contributed by atoms with E-state index in [4.69, 9.17) is 4.74 Å². The van der Waals surface area contributed by atoms with Crippen LogP contribution in [0.4, 0.5) is 19.3 Å². The van der Waals surface area contributed by atoms with Gasteiger partial charge in [0.15, 0.2) is 0 Å². The summed E-state index contributed by atoms with van der Waals surface area (Å²) in [5.41, 5.74) is 1.27. The number of hydrazone groups is 1. The molecule has 0 aliphatic carbocycles. The van der Waals surface area contributed by atoms with Crippen LogP contribution in [0.2, 0.25) is 0 Å². The van der Waals surface area contributed by atoms with Crippen molar-refractivity contribution in [2.75, 3.05) is 42.6 Å². The molecular formula is C23H24F2N4O3S. The maximum absolute atomic E-state index is 14.9. The van der Waals surface area contributed by atoms with Crippen LogP contribution >= 0.6 is 11.8 Å². The number of nitrogens with zero attached hydrogens (tertiary/aromatic N) is 3. The van der Waals surface area contributed by atoms with Gasteiger partial charge in [-0.05, 0) is 35.9 Å². The van der Waals surface area contributed by atoms with E-state index >= 15 is 0 Å². The molecule has 33 heavy (non-hydrogen) atoms. The molecule has 10 heteroatoms. The normalized spacial score (nSPS) is 18.6. The van der Waals surface area contributed by atoms with Gasteiger partial charge in [0.1, 0.15) is 17.7 Å². The molecule has 2 aliphatic rings. The molecule has 174 valence electrons. The number of carbonyl (C=O) groups excluding carboxylic acids is 2. The van der Waals surface area contributed by atoms with E-state index in [1.54, 1.807) is 18.2 Å². The number of nitrogens with one attached hydrogen (secondary N) is 1. The van der Waals surface area contributed by atoms with E-state index in [0.29, 0.717) is 16.8 Å². The number of anilines is 1. The Bertz CT molecular complexity index is 1080. The van der Waals surface area contributed by atoms with Gasteiger partial charge in [-0.15, -0.1) is 0 Å². The molecule has 0 saturated carbocycles. The van der Waals surface area contributed by atoms with E-state index in [9.17, 15) is 18.4 Å². The third-order valence-electron chi connectivity index (χ3n) is 5.38. The molecule has 2 aromatic carbocycles. The van der Waals surface area contributed by atoms with Gasteiger partial charge in [0, 0.05) is 42.6 Å². The Morgan fingerprint density at radius 1 is 1.21 bits per heavy atom. The lowest BCUT2D eigenvalue weighted by Gasteiger charge is -2.22. The highest BCUT2D eigenvalue weighted by molar-refractivity contribution is 7.99. The number of rotatable bonds is 6. The number of hydrogen-bond acceptors (Lipinski definition) is 6. The molecule has 7 nitrogen and oxygen atoms in total. The van der Waals surface area contributed by atoms with Crippen molar-refractivity contribution in [3.8, 4) is 11.1 Å². The predicted molar refractivity (Wildman–Crippen MR) is 125 cm³/mol. The number of ether oxygens (including phenoxy) is 1. The van der Waals surface area contributed by atoms with Gasteiger partial charge in [0.25, 0.3) is 0 Å². The van der Waals surface area contributed by atoms with Gasteiger partial charge in [0.2, 0.25) is 5.91 Å². The Hall–Kier alpha value is -3.14.